The fourth-order valence-corrected chi connectivity index (χ4v) is 7.38. The smallest absolute Gasteiger partial charge is 0.423 e. The Balaban J connectivity index is 1.47. The number of halogens is 6. The topological polar surface area (TPSA) is 105 Å². The van der Waals surface area contributed by atoms with E-state index in [4.69, 9.17) is 88.6 Å². The summed E-state index contributed by atoms with van der Waals surface area (Å²) in [6.07, 6.45) is 6.27. The highest BCUT2D eigenvalue weighted by Crippen LogP contribution is 2.47. The van der Waals surface area contributed by atoms with Crippen molar-refractivity contribution in [3.05, 3.63) is 53.4 Å². The normalized spacial score (nSPS) is 20.8. The molecule has 0 aliphatic heterocycles. The van der Waals surface area contributed by atoms with E-state index in [-0.39, 0.29) is 55.2 Å². The Morgan fingerprint density at radius 1 is 0.625 bits per heavy atom. The molecule has 262 valence electrons. The van der Waals surface area contributed by atoms with Crippen LogP contribution in [0.25, 0.3) is 0 Å². The van der Waals surface area contributed by atoms with Gasteiger partial charge in [-0.2, -0.15) is 0 Å². The van der Waals surface area contributed by atoms with E-state index in [2.05, 4.69) is 13.8 Å². The van der Waals surface area contributed by atoms with Gasteiger partial charge in [-0.1, -0.05) is 110 Å². The minimum atomic E-state index is -1.64. The number of benzene rings is 2. The molecule has 6 atom stereocenters. The summed E-state index contributed by atoms with van der Waals surface area (Å²) in [6.45, 7) is 8.32. The maximum atomic E-state index is 13.2. The van der Waals surface area contributed by atoms with Crippen LogP contribution in [0.15, 0.2) is 12.1 Å². The number of rotatable bonds is 14. The summed E-state index contributed by atoms with van der Waals surface area (Å²) in [5.41, 5.74) is -0.912. The molecule has 4 rings (SSSR count). The van der Waals surface area contributed by atoms with Gasteiger partial charge in [-0.25, -0.2) is 19.2 Å². The zero-order valence-corrected chi connectivity index (χ0v) is 31.3. The van der Waals surface area contributed by atoms with Crippen molar-refractivity contribution in [2.45, 2.75) is 66.2 Å². The van der Waals surface area contributed by atoms with Crippen LogP contribution in [0.4, 0.5) is 0 Å². The van der Waals surface area contributed by atoms with Crippen LogP contribution in [0, 0.1) is 35.5 Å². The quantitative estimate of drug-likeness (QED) is 0.0807. The van der Waals surface area contributed by atoms with Crippen LogP contribution in [0.3, 0.4) is 0 Å². The summed E-state index contributed by atoms with van der Waals surface area (Å²) in [4.78, 5) is 52.4. The average molecular weight is 785 g/mol. The summed E-state index contributed by atoms with van der Waals surface area (Å²) < 4.78 is 21.3. The number of ether oxygens (including phenoxy) is 4. The van der Waals surface area contributed by atoms with Gasteiger partial charge < -0.3 is 18.9 Å². The maximum absolute atomic E-state index is 13.2. The van der Waals surface area contributed by atoms with Crippen molar-refractivity contribution in [1.82, 2.24) is 0 Å². The average Bonchev–Trinajstić information content (AvgIpc) is 3.96. The minimum Gasteiger partial charge on any atom is -0.462 e. The van der Waals surface area contributed by atoms with Crippen molar-refractivity contribution in [3.63, 3.8) is 0 Å². The second-order valence-electron chi connectivity index (χ2n) is 12.7. The zero-order chi connectivity index (χ0) is 35.4. The molecule has 2 aliphatic rings. The second kappa shape index (κ2) is 16.8. The van der Waals surface area contributed by atoms with E-state index in [1.807, 2.05) is 13.8 Å². The third-order valence-electron chi connectivity index (χ3n) is 8.81. The van der Waals surface area contributed by atoms with E-state index in [1.165, 1.54) is 0 Å². The lowest BCUT2D eigenvalue weighted by Crippen LogP contribution is -2.27. The lowest BCUT2D eigenvalue weighted by atomic mass is 10.0. The van der Waals surface area contributed by atoms with Gasteiger partial charge >= 0.3 is 23.9 Å². The molecule has 0 aromatic heterocycles. The molecule has 2 aromatic carbocycles. The molecule has 0 amide bonds. The van der Waals surface area contributed by atoms with Crippen LogP contribution in [0.1, 0.15) is 86.9 Å². The SMILES string of the molecule is CCC1CC1CC(C)COC(=O)c1c(Cl)c(Cl)cc(Cl)c1OC(=O)C(=O)Oc1c(Cl)cc(Cl)c(Cl)c1C(=O)OCC(C)CC1CC1CC. The number of carbonyl (C=O) groups excluding carboxylic acids is 4. The number of esters is 4. The van der Waals surface area contributed by atoms with Crippen molar-refractivity contribution >= 4 is 93.5 Å². The monoisotopic (exact) mass is 782 g/mol. The molecule has 48 heavy (non-hydrogen) atoms. The maximum Gasteiger partial charge on any atom is 0.423 e. The van der Waals surface area contributed by atoms with Crippen LogP contribution in [-0.2, 0) is 19.1 Å². The summed E-state index contributed by atoms with van der Waals surface area (Å²) in [7, 11) is 0. The van der Waals surface area contributed by atoms with Crippen LogP contribution in [0.2, 0.25) is 30.1 Å². The van der Waals surface area contributed by atoms with Crippen LogP contribution in [0.5, 0.6) is 11.5 Å². The highest BCUT2D eigenvalue weighted by molar-refractivity contribution is 6.47. The molecular weight excluding hydrogens is 749 g/mol. The Hall–Kier alpha value is -1.94. The second-order valence-corrected chi connectivity index (χ2v) is 15.1. The highest BCUT2D eigenvalue weighted by Gasteiger charge is 2.38. The molecule has 0 bridgehead atoms. The molecule has 2 aliphatic carbocycles. The van der Waals surface area contributed by atoms with Gasteiger partial charge in [-0.3, -0.25) is 0 Å². The Labute approximate surface area is 309 Å². The third-order valence-corrected chi connectivity index (χ3v) is 10.9. The van der Waals surface area contributed by atoms with Crippen molar-refractivity contribution in [3.8, 4) is 11.5 Å². The van der Waals surface area contributed by atoms with E-state index < -0.39 is 46.5 Å². The standard InChI is InChI=1S/C34H36Cl6O8/c1-5-17-9-19(17)7-15(3)13-45-31(41)25-27(39)21(35)11-23(37)29(25)47-33(43)34(44)48-30-24(38)12-22(36)28(40)26(30)32(42)46-14-16(4)8-20-10-18(20)6-2/h11-12,15-20H,5-10,13-14H2,1-4H3. The van der Waals surface area contributed by atoms with Crippen molar-refractivity contribution in [1.29, 1.82) is 0 Å². The largest absolute Gasteiger partial charge is 0.462 e. The first-order valence-corrected chi connectivity index (χ1v) is 18.1. The minimum absolute atomic E-state index is 0.0524. The van der Waals surface area contributed by atoms with E-state index in [0.717, 1.165) is 50.7 Å². The van der Waals surface area contributed by atoms with Crippen molar-refractivity contribution < 1.29 is 38.1 Å². The lowest BCUT2D eigenvalue weighted by molar-refractivity contribution is -0.156. The Bertz CT molecular complexity index is 1460. The van der Waals surface area contributed by atoms with Gasteiger partial charge in [-0.05, 0) is 73.3 Å². The molecule has 2 fully saturated rings. The van der Waals surface area contributed by atoms with Crippen molar-refractivity contribution in [2.75, 3.05) is 13.2 Å². The first-order valence-electron chi connectivity index (χ1n) is 15.8. The van der Waals surface area contributed by atoms with Gasteiger partial charge in [0.1, 0.15) is 11.1 Å². The van der Waals surface area contributed by atoms with Crippen molar-refractivity contribution in [2.24, 2.45) is 35.5 Å². The predicted octanol–water partition coefficient (Wildman–Crippen LogP) is 10.6. The van der Waals surface area contributed by atoms with Gasteiger partial charge in [0.25, 0.3) is 0 Å². The zero-order valence-electron chi connectivity index (χ0n) is 26.8. The highest BCUT2D eigenvalue weighted by atomic mass is 35.5. The number of hydrogen-bond donors (Lipinski definition) is 0. The van der Waals surface area contributed by atoms with E-state index >= 15 is 0 Å². The first-order chi connectivity index (χ1) is 22.7. The van der Waals surface area contributed by atoms with Crippen LogP contribution in [-0.4, -0.2) is 37.1 Å². The van der Waals surface area contributed by atoms with Gasteiger partial charge in [0.15, 0.2) is 11.5 Å². The molecule has 2 aromatic rings. The summed E-state index contributed by atoms with van der Waals surface area (Å²) in [6, 6.07) is 2.26. The Morgan fingerprint density at radius 3 is 1.29 bits per heavy atom. The van der Waals surface area contributed by atoms with Gasteiger partial charge in [0.05, 0.1) is 43.3 Å². The Kier molecular flexibility index (Phi) is 13.6. The summed E-state index contributed by atoms with van der Waals surface area (Å²) >= 11 is 37.5. The van der Waals surface area contributed by atoms with Gasteiger partial charge in [0.2, 0.25) is 0 Å². The summed E-state index contributed by atoms with van der Waals surface area (Å²) in [5.74, 6) is -3.70. The van der Waals surface area contributed by atoms with Gasteiger partial charge in [-0.15, -0.1) is 0 Å². The first kappa shape index (κ1) is 38.9. The van der Waals surface area contributed by atoms with E-state index in [1.54, 1.807) is 0 Å². The fourth-order valence-electron chi connectivity index (χ4n) is 5.94. The van der Waals surface area contributed by atoms with Gasteiger partial charge in [0, 0.05) is 0 Å². The third kappa shape index (κ3) is 9.64. The fraction of sp³-hybridized carbons (Fsp3) is 0.529. The molecule has 0 saturated heterocycles. The molecule has 0 N–H and O–H groups in total. The molecule has 8 nitrogen and oxygen atoms in total. The van der Waals surface area contributed by atoms with Crippen LogP contribution < -0.4 is 9.47 Å². The predicted molar refractivity (Wildman–Crippen MR) is 186 cm³/mol. The molecule has 14 heteroatoms. The molecule has 0 radical (unpaired) electrons. The molecule has 2 saturated carbocycles. The van der Waals surface area contributed by atoms with Crippen LogP contribution >= 0.6 is 69.6 Å². The molecular formula is C34H36Cl6O8. The summed E-state index contributed by atoms with van der Waals surface area (Å²) in [5, 5.41) is -1.46. The number of hydrogen-bond acceptors (Lipinski definition) is 8. The molecule has 6 unspecified atom stereocenters. The van der Waals surface area contributed by atoms with E-state index in [0.29, 0.717) is 23.7 Å². The molecule has 0 heterocycles. The molecule has 0 spiro atoms. The van der Waals surface area contributed by atoms with E-state index in [9.17, 15) is 19.2 Å². The lowest BCUT2D eigenvalue weighted by Gasteiger charge is -2.17. The number of carbonyl (C=O) groups is 4. The Morgan fingerprint density at radius 2 is 0.979 bits per heavy atom.